The summed E-state index contributed by atoms with van der Waals surface area (Å²) in [7, 11) is 0.763. The van der Waals surface area contributed by atoms with Gasteiger partial charge in [0.25, 0.3) is 5.91 Å². The molecule has 6 nitrogen and oxygen atoms in total. The molecular weight excluding hydrogens is 283 g/mol. The molecule has 0 saturated carbocycles. The van der Waals surface area contributed by atoms with Crippen LogP contribution in [-0.2, 0) is 16.1 Å². The number of hydrogen-bond acceptors (Lipinski definition) is 4. The smallest absolute Gasteiger partial charge is 0.423 e. The van der Waals surface area contributed by atoms with Crippen molar-refractivity contribution in [2.45, 2.75) is 26.0 Å². The lowest BCUT2D eigenvalue weighted by molar-refractivity contribution is -0.144. The zero-order chi connectivity index (χ0) is 16.1. The quantitative estimate of drug-likeness (QED) is 0.717. The summed E-state index contributed by atoms with van der Waals surface area (Å²) in [6.45, 7) is 4.88. The third kappa shape index (κ3) is 2.21. The summed E-state index contributed by atoms with van der Waals surface area (Å²) in [6, 6.07) is 5.18. The van der Waals surface area contributed by atoms with Gasteiger partial charge in [-0.2, -0.15) is 0 Å². The van der Waals surface area contributed by atoms with Gasteiger partial charge in [-0.05, 0) is 37.0 Å². The molecule has 1 saturated heterocycles. The van der Waals surface area contributed by atoms with Crippen LogP contribution in [0.15, 0.2) is 18.2 Å². The normalized spacial score (nSPS) is 20.4. The first-order chi connectivity index (χ1) is 10.3. The Hall–Kier alpha value is -1.86. The van der Waals surface area contributed by atoms with Gasteiger partial charge < -0.3 is 19.5 Å². The van der Waals surface area contributed by atoms with Gasteiger partial charge >= 0.3 is 7.12 Å². The van der Waals surface area contributed by atoms with E-state index in [1.165, 1.54) is 0 Å². The Kier molecular flexibility index (Phi) is 3.49. The van der Waals surface area contributed by atoms with Gasteiger partial charge in [0.2, 0.25) is 5.91 Å². The highest BCUT2D eigenvalue weighted by molar-refractivity contribution is 6.61. The average molecular weight is 302 g/mol. The number of benzene rings is 1. The largest absolute Gasteiger partial charge is 0.491 e. The number of nitrogens with zero attached hydrogens (tertiary/aromatic N) is 2. The van der Waals surface area contributed by atoms with Gasteiger partial charge in [0, 0.05) is 25.7 Å². The van der Waals surface area contributed by atoms with Crippen molar-refractivity contribution in [2.24, 2.45) is 0 Å². The first kappa shape index (κ1) is 15.1. The second kappa shape index (κ2) is 5.10. The number of carbonyl (C=O) groups excluding carboxylic acids is 2. The van der Waals surface area contributed by atoms with Crippen LogP contribution in [0.1, 0.15) is 29.8 Å². The minimum absolute atomic E-state index is 0.0726. The molecule has 1 N–H and O–H groups in total. The third-order valence-corrected chi connectivity index (χ3v) is 4.50. The molecule has 1 aromatic carbocycles. The number of hydrogen-bond donors (Lipinski definition) is 1. The Labute approximate surface area is 129 Å². The van der Waals surface area contributed by atoms with Crippen LogP contribution >= 0.6 is 0 Å². The van der Waals surface area contributed by atoms with Crippen molar-refractivity contribution in [3.8, 4) is 0 Å². The van der Waals surface area contributed by atoms with E-state index in [9.17, 15) is 14.6 Å². The van der Waals surface area contributed by atoms with Crippen molar-refractivity contribution in [1.82, 2.24) is 9.80 Å². The highest BCUT2D eigenvalue weighted by Crippen LogP contribution is 2.24. The highest BCUT2D eigenvalue weighted by atomic mass is 16.5. The first-order valence-electron chi connectivity index (χ1n) is 7.32. The zero-order valence-electron chi connectivity index (χ0n) is 13.0. The maximum absolute atomic E-state index is 12.8. The molecule has 7 heteroatoms. The van der Waals surface area contributed by atoms with Crippen molar-refractivity contribution in [3.63, 3.8) is 0 Å². The Morgan fingerprint density at radius 3 is 2.82 bits per heavy atom. The molecule has 0 spiro atoms. The summed E-state index contributed by atoms with van der Waals surface area (Å²) in [4.78, 5) is 28.4. The minimum Gasteiger partial charge on any atom is -0.423 e. The molecule has 2 heterocycles. The molecule has 0 atom stereocenters. The zero-order valence-corrected chi connectivity index (χ0v) is 13.0. The average Bonchev–Trinajstić information content (AvgIpc) is 2.85. The lowest BCUT2D eigenvalue weighted by atomic mass is 9.78. The van der Waals surface area contributed by atoms with Crippen molar-refractivity contribution in [1.29, 1.82) is 0 Å². The van der Waals surface area contributed by atoms with Gasteiger partial charge in [-0.15, -0.1) is 0 Å². The number of carbonyl (C=O) groups is 2. The van der Waals surface area contributed by atoms with E-state index in [0.29, 0.717) is 30.7 Å². The van der Waals surface area contributed by atoms with Gasteiger partial charge in [-0.3, -0.25) is 9.59 Å². The Morgan fingerprint density at radius 2 is 2.09 bits per heavy atom. The van der Waals surface area contributed by atoms with Crippen LogP contribution in [-0.4, -0.2) is 59.4 Å². The van der Waals surface area contributed by atoms with Crippen LogP contribution in [0.5, 0.6) is 0 Å². The van der Waals surface area contributed by atoms with Crippen LogP contribution in [0.2, 0.25) is 0 Å². The Bertz CT molecular complexity index is 646. The minimum atomic E-state index is -0.982. The van der Waals surface area contributed by atoms with Crippen molar-refractivity contribution < 1.29 is 19.3 Å². The maximum Gasteiger partial charge on any atom is 0.491 e. The Morgan fingerprint density at radius 1 is 1.36 bits per heavy atom. The standard InChI is InChI=1S/C15H19BN2O4/c1-15(2)14(20)17(3)6-7-18(15)13(19)10-4-5-11-9-22-16(21)12(11)8-10/h4-5,8,21H,6-7,9H2,1-3H3. The fraction of sp³-hybridized carbons (Fsp3) is 0.467. The predicted octanol–water partition coefficient (Wildman–Crippen LogP) is -0.403. The molecule has 0 aliphatic carbocycles. The van der Waals surface area contributed by atoms with Crippen molar-refractivity contribution in [2.75, 3.05) is 20.1 Å². The second-order valence-electron chi connectivity index (χ2n) is 6.32. The molecule has 0 bridgehead atoms. The summed E-state index contributed by atoms with van der Waals surface area (Å²) < 4.78 is 5.15. The van der Waals surface area contributed by atoms with Gasteiger partial charge in [-0.25, -0.2) is 0 Å². The summed E-state index contributed by atoms with van der Waals surface area (Å²) in [5, 5.41) is 9.77. The molecule has 2 aliphatic rings. The number of piperazine rings is 1. The molecule has 0 aromatic heterocycles. The molecule has 116 valence electrons. The lowest BCUT2D eigenvalue weighted by Crippen LogP contribution is -2.63. The maximum atomic E-state index is 12.8. The van der Waals surface area contributed by atoms with Crippen LogP contribution < -0.4 is 5.46 Å². The molecule has 22 heavy (non-hydrogen) atoms. The van der Waals surface area contributed by atoms with E-state index < -0.39 is 12.7 Å². The summed E-state index contributed by atoms with van der Waals surface area (Å²) in [5.41, 5.74) is 1.11. The van der Waals surface area contributed by atoms with E-state index >= 15 is 0 Å². The fourth-order valence-electron chi connectivity index (χ4n) is 3.07. The molecule has 0 unspecified atom stereocenters. The summed E-state index contributed by atoms with van der Waals surface area (Å²) >= 11 is 0. The van der Waals surface area contributed by atoms with Gasteiger partial charge in [0.1, 0.15) is 5.54 Å². The fourth-order valence-corrected chi connectivity index (χ4v) is 3.07. The van der Waals surface area contributed by atoms with E-state index in [2.05, 4.69) is 0 Å². The highest BCUT2D eigenvalue weighted by Gasteiger charge is 2.43. The van der Waals surface area contributed by atoms with Gasteiger partial charge in [-0.1, -0.05) is 6.07 Å². The molecule has 1 fully saturated rings. The molecule has 3 rings (SSSR count). The monoisotopic (exact) mass is 302 g/mol. The van der Waals surface area contributed by atoms with Gasteiger partial charge in [0.05, 0.1) is 6.61 Å². The number of fused-ring (bicyclic) bond motifs is 1. The summed E-state index contributed by atoms with van der Waals surface area (Å²) in [5.74, 6) is -0.273. The summed E-state index contributed by atoms with van der Waals surface area (Å²) in [6.07, 6.45) is 0. The Balaban J connectivity index is 1.91. The van der Waals surface area contributed by atoms with E-state index in [4.69, 9.17) is 4.65 Å². The lowest BCUT2D eigenvalue weighted by Gasteiger charge is -2.44. The third-order valence-electron chi connectivity index (χ3n) is 4.50. The molecule has 1 aromatic rings. The molecule has 0 radical (unpaired) electrons. The van der Waals surface area contributed by atoms with E-state index in [1.807, 2.05) is 0 Å². The number of likely N-dealkylation sites (N-methyl/N-ethyl adjacent to an activating group) is 1. The van der Waals surface area contributed by atoms with E-state index in [1.54, 1.807) is 48.9 Å². The molecular formula is C15H19BN2O4. The molecule has 2 aliphatic heterocycles. The van der Waals surface area contributed by atoms with Crippen LogP contribution in [0.4, 0.5) is 0 Å². The first-order valence-corrected chi connectivity index (χ1v) is 7.32. The van der Waals surface area contributed by atoms with Crippen LogP contribution in [0.25, 0.3) is 0 Å². The second-order valence-corrected chi connectivity index (χ2v) is 6.32. The van der Waals surface area contributed by atoms with Crippen LogP contribution in [0, 0.1) is 0 Å². The topological polar surface area (TPSA) is 70.1 Å². The van der Waals surface area contributed by atoms with Crippen molar-refractivity contribution >= 4 is 24.4 Å². The SMILES string of the molecule is CN1CCN(C(=O)c2ccc3c(c2)B(O)OC3)C(C)(C)C1=O. The number of rotatable bonds is 1. The van der Waals surface area contributed by atoms with Crippen LogP contribution in [0.3, 0.4) is 0 Å². The van der Waals surface area contributed by atoms with Crippen molar-refractivity contribution in [3.05, 3.63) is 29.3 Å². The van der Waals surface area contributed by atoms with E-state index in [-0.39, 0.29) is 11.8 Å². The predicted molar refractivity (Wildman–Crippen MR) is 81.6 cm³/mol. The number of amides is 2. The van der Waals surface area contributed by atoms with Gasteiger partial charge in [0.15, 0.2) is 0 Å². The molecule has 2 amide bonds. The van der Waals surface area contributed by atoms with E-state index in [0.717, 1.165) is 5.56 Å².